The largest absolute Gasteiger partial charge is 0.449 e. The first kappa shape index (κ1) is 16.9. The number of alkyl halides is 1. The molecule has 1 aromatic rings. The first-order valence-electron chi connectivity index (χ1n) is 8.83. The number of nitrogens with one attached hydrogen (secondary N) is 1. The number of hydrogen-bond acceptors (Lipinski definition) is 1. The summed E-state index contributed by atoms with van der Waals surface area (Å²) in [4.78, 5) is 13.3. The fourth-order valence-electron chi connectivity index (χ4n) is 5.60. The fraction of sp³-hybridized carbons (Fsp3) is 0.429. The van der Waals surface area contributed by atoms with E-state index in [0.717, 1.165) is 23.4 Å². The van der Waals surface area contributed by atoms with Gasteiger partial charge < -0.3 is 10.6 Å². The highest BCUT2D eigenvalue weighted by molar-refractivity contribution is 6.22. The highest BCUT2D eigenvalue weighted by atomic mass is 35.5. The Balaban J connectivity index is 2.06. The van der Waals surface area contributed by atoms with E-state index in [-0.39, 0.29) is 28.0 Å². The highest BCUT2D eigenvalue weighted by Gasteiger charge is 2.74. The zero-order valence-electron chi connectivity index (χ0n) is 15.0. The van der Waals surface area contributed by atoms with Gasteiger partial charge in [0.15, 0.2) is 0 Å². The summed E-state index contributed by atoms with van der Waals surface area (Å²) in [5, 5.41) is 4.95. The van der Waals surface area contributed by atoms with Crippen LogP contribution in [0.3, 0.4) is 0 Å². The molecule has 4 rings (SSSR count). The van der Waals surface area contributed by atoms with Gasteiger partial charge in [0.1, 0.15) is 5.41 Å². The summed E-state index contributed by atoms with van der Waals surface area (Å²) in [7, 11) is 4.07. The van der Waals surface area contributed by atoms with Crippen molar-refractivity contribution in [2.75, 3.05) is 5.32 Å². The lowest BCUT2D eigenvalue weighted by Crippen LogP contribution is -2.83. The Morgan fingerprint density at radius 2 is 2.04 bits per heavy atom. The topological polar surface area (TPSA) is 45.7 Å². The molecular weight excluding hydrogens is 332 g/mol. The van der Waals surface area contributed by atoms with Crippen molar-refractivity contribution in [3.05, 3.63) is 60.8 Å². The zero-order chi connectivity index (χ0) is 18.2. The molecule has 1 fully saturated rings. The molecule has 3 N–H and O–H groups in total. The molecule has 4 atom stereocenters. The molecule has 0 aromatic heterocycles. The number of hydrogen-bond donors (Lipinski definition) is 2. The molecule has 4 heteroatoms. The van der Waals surface area contributed by atoms with Crippen LogP contribution in [0.4, 0.5) is 5.69 Å². The molecule has 25 heavy (non-hydrogen) atoms. The molecule has 0 saturated heterocycles. The monoisotopic (exact) mass is 356 g/mol. The van der Waals surface area contributed by atoms with Crippen molar-refractivity contribution < 1.29 is 10.1 Å². The summed E-state index contributed by atoms with van der Waals surface area (Å²) >= 11 is 6.80. The third-order valence-corrected chi connectivity index (χ3v) is 7.73. The maximum atomic E-state index is 13.3. The minimum absolute atomic E-state index is 0.0527. The van der Waals surface area contributed by atoms with E-state index in [1.165, 1.54) is 5.57 Å². The van der Waals surface area contributed by atoms with Crippen LogP contribution in [0.15, 0.2) is 48.2 Å². The van der Waals surface area contributed by atoms with Crippen LogP contribution in [0.2, 0.25) is 0 Å². The van der Waals surface area contributed by atoms with Crippen LogP contribution < -0.4 is 10.6 Å². The molecule has 0 radical (unpaired) electrons. The summed E-state index contributed by atoms with van der Waals surface area (Å²) in [5.74, 6) is 0.344. The van der Waals surface area contributed by atoms with Crippen LogP contribution in [-0.2, 0) is 10.2 Å². The van der Waals surface area contributed by atoms with Gasteiger partial charge in [0.05, 0.1) is 16.5 Å². The van der Waals surface area contributed by atoms with E-state index in [2.05, 4.69) is 45.8 Å². The van der Waals surface area contributed by atoms with Gasteiger partial charge in [-0.15, -0.1) is 25.2 Å². The van der Waals surface area contributed by atoms with Crippen LogP contribution in [-0.4, -0.2) is 11.3 Å². The first-order valence-corrected chi connectivity index (χ1v) is 9.26. The zero-order valence-corrected chi connectivity index (χ0v) is 15.8. The molecular formula is C21H25ClN2O. The second kappa shape index (κ2) is 4.99. The van der Waals surface area contributed by atoms with Gasteiger partial charge in [0, 0.05) is 11.3 Å². The van der Waals surface area contributed by atoms with Gasteiger partial charge in [-0.3, -0.25) is 4.79 Å². The smallest absolute Gasteiger partial charge is 0.240 e. The van der Waals surface area contributed by atoms with Crippen molar-refractivity contribution >= 4 is 23.2 Å². The molecule has 1 aliphatic heterocycles. The van der Waals surface area contributed by atoms with Gasteiger partial charge in [-0.05, 0) is 36.3 Å². The molecule has 3 nitrogen and oxygen atoms in total. The number of benzene rings is 1. The maximum Gasteiger partial charge on any atom is 0.240 e. The van der Waals surface area contributed by atoms with Gasteiger partial charge in [-0.1, -0.05) is 38.1 Å². The van der Waals surface area contributed by atoms with E-state index in [1.54, 1.807) is 0 Å². The van der Waals surface area contributed by atoms with Crippen molar-refractivity contribution in [2.45, 2.75) is 38.0 Å². The molecule has 132 valence electrons. The number of carbonyl (C=O) groups is 1. The molecule has 1 amide bonds. The standard InChI is InChI=1S/C21H25ClN2O/c1-6-20(4)15(22)11-13-16(17(20)23-5)21(19(13,2)3)12-9-7-8-10-14(12)24-18(21)25/h6-10,13,15H,1,5,11,23H2,2-4H3,(H,24,25). The van der Waals surface area contributed by atoms with Crippen molar-refractivity contribution in [3.63, 3.8) is 0 Å². The van der Waals surface area contributed by atoms with Crippen LogP contribution in [0.5, 0.6) is 0 Å². The molecule has 2 aliphatic carbocycles. The van der Waals surface area contributed by atoms with Gasteiger partial charge in [0.2, 0.25) is 5.91 Å². The summed E-state index contributed by atoms with van der Waals surface area (Å²) in [6.45, 7) is 10.5. The first-order chi connectivity index (χ1) is 11.8. The maximum absolute atomic E-state index is 13.3. The quantitative estimate of drug-likeness (QED) is 0.476. The Bertz CT molecular complexity index is 827. The summed E-state index contributed by atoms with van der Waals surface area (Å²) in [6, 6.07) is 8.04. The number of allylic oxidation sites excluding steroid dienone is 1. The number of rotatable bonds is 2. The molecule has 4 unspecified atom stereocenters. The van der Waals surface area contributed by atoms with E-state index in [9.17, 15) is 4.79 Å². The number of carbonyl (C=O) groups excluding carboxylic acids is 1. The number of halogens is 1. The van der Waals surface area contributed by atoms with Crippen molar-refractivity contribution in [1.82, 2.24) is 0 Å². The summed E-state index contributed by atoms with van der Waals surface area (Å²) in [5.41, 5.74) is 3.04. The molecule has 1 heterocycles. The molecule has 0 bridgehead atoms. The lowest BCUT2D eigenvalue weighted by atomic mass is 9.37. The minimum atomic E-state index is -0.640. The number of fused-ring (bicyclic) bond motifs is 4. The number of amides is 1. The second-order valence-electron chi connectivity index (χ2n) is 8.25. The van der Waals surface area contributed by atoms with Gasteiger partial charge in [-0.2, -0.15) is 0 Å². The molecule has 3 aliphatic rings. The fourth-order valence-corrected chi connectivity index (χ4v) is 5.98. The number of anilines is 1. The number of nitrogens with two attached hydrogens (primary N) is 1. The Morgan fingerprint density at radius 1 is 1.36 bits per heavy atom. The van der Waals surface area contributed by atoms with Crippen molar-refractivity contribution in [2.24, 2.45) is 16.7 Å². The Hall–Kier alpha value is -1.58. The molecule has 1 aromatic carbocycles. The van der Waals surface area contributed by atoms with Crippen molar-refractivity contribution in [1.29, 1.82) is 0 Å². The summed E-state index contributed by atoms with van der Waals surface area (Å²) in [6.07, 6.45) is 2.77. The lowest BCUT2D eigenvalue weighted by Gasteiger charge is -2.64. The third kappa shape index (κ3) is 1.64. The highest BCUT2D eigenvalue weighted by Crippen LogP contribution is 2.72. The Labute approximate surface area is 154 Å². The van der Waals surface area contributed by atoms with E-state index < -0.39 is 5.41 Å². The third-order valence-electron chi connectivity index (χ3n) is 7.10. The van der Waals surface area contributed by atoms with E-state index in [4.69, 9.17) is 11.6 Å². The normalized spacial score (nSPS) is 38.0. The van der Waals surface area contributed by atoms with E-state index >= 15 is 0 Å². The van der Waals surface area contributed by atoms with E-state index in [0.29, 0.717) is 0 Å². The van der Waals surface area contributed by atoms with Crippen molar-refractivity contribution in [3.8, 4) is 0 Å². The predicted molar refractivity (Wildman–Crippen MR) is 101 cm³/mol. The summed E-state index contributed by atoms with van der Waals surface area (Å²) < 4.78 is 0. The Kier molecular flexibility index (Phi) is 3.36. The lowest BCUT2D eigenvalue weighted by molar-refractivity contribution is -0.557. The van der Waals surface area contributed by atoms with Crippen LogP contribution >= 0.6 is 11.6 Å². The van der Waals surface area contributed by atoms with Gasteiger partial charge in [-0.25, -0.2) is 0 Å². The van der Waals surface area contributed by atoms with Gasteiger partial charge in [0.25, 0.3) is 0 Å². The second-order valence-corrected chi connectivity index (χ2v) is 8.77. The Morgan fingerprint density at radius 3 is 2.68 bits per heavy atom. The average Bonchev–Trinajstić information content (AvgIpc) is 2.91. The number of para-hydroxylation sites is 1. The van der Waals surface area contributed by atoms with Crippen LogP contribution in [0.1, 0.15) is 32.8 Å². The van der Waals surface area contributed by atoms with E-state index in [1.807, 2.05) is 29.6 Å². The van der Waals surface area contributed by atoms with Gasteiger partial charge >= 0.3 is 0 Å². The minimum Gasteiger partial charge on any atom is -0.449 e. The average molecular weight is 357 g/mol. The predicted octanol–water partition coefficient (Wildman–Crippen LogP) is 3.34. The molecule has 1 saturated carbocycles. The van der Waals surface area contributed by atoms with Crippen LogP contribution in [0.25, 0.3) is 0 Å². The van der Waals surface area contributed by atoms with Crippen LogP contribution in [0, 0.1) is 23.8 Å². The molecule has 1 spiro atoms. The number of quaternary nitrogens is 1. The SMILES string of the molecule is C=CC1(C)C([NH2+][CH2-])=C2C(CC1Cl)C(C)(C)C21C(=O)Nc2ccccc21.